The van der Waals surface area contributed by atoms with Crippen LogP contribution >= 0.6 is 0 Å². The van der Waals surface area contributed by atoms with E-state index in [1.165, 1.54) is 0 Å². The zero-order valence-electron chi connectivity index (χ0n) is 19.3. The third-order valence-electron chi connectivity index (χ3n) is 5.88. The molecule has 36 heavy (non-hydrogen) atoms. The van der Waals surface area contributed by atoms with Crippen LogP contribution in [0.1, 0.15) is 16.7 Å². The second kappa shape index (κ2) is 10.1. The number of aliphatic carboxylic acids is 1. The smallest absolute Gasteiger partial charge is 0.336 e. The second-order valence-corrected chi connectivity index (χ2v) is 8.35. The number of carboxylic acids is 1. The molecule has 2 heterocycles. The normalized spacial score (nSPS) is 11.4. The first-order valence-corrected chi connectivity index (χ1v) is 11.5. The van der Waals surface area contributed by atoms with Crippen molar-refractivity contribution >= 4 is 40.4 Å². The Balaban J connectivity index is 1.30. The summed E-state index contributed by atoms with van der Waals surface area (Å²) in [5, 5.41) is 13.3. The van der Waals surface area contributed by atoms with Gasteiger partial charge >= 0.3 is 5.97 Å². The number of fused-ring (bicyclic) bond motifs is 1. The van der Waals surface area contributed by atoms with Gasteiger partial charge in [-0.05, 0) is 40.5 Å². The number of nitrogens with one attached hydrogen (secondary N) is 2. The zero-order valence-corrected chi connectivity index (χ0v) is 19.3. The molecule has 0 saturated heterocycles. The van der Waals surface area contributed by atoms with Gasteiger partial charge in [0.1, 0.15) is 11.5 Å². The Bertz CT molecular complexity index is 1550. The van der Waals surface area contributed by atoms with E-state index in [2.05, 4.69) is 27.4 Å². The summed E-state index contributed by atoms with van der Waals surface area (Å²) in [7, 11) is 0. The molecule has 0 aliphatic heterocycles. The summed E-state index contributed by atoms with van der Waals surface area (Å²) in [5.74, 6) is -0.755. The molecular formula is C30H23N3O3. The van der Waals surface area contributed by atoms with E-state index in [9.17, 15) is 14.7 Å². The summed E-state index contributed by atoms with van der Waals surface area (Å²) in [6.45, 7) is 0. The van der Waals surface area contributed by atoms with Crippen molar-refractivity contribution in [3.05, 3.63) is 120 Å². The van der Waals surface area contributed by atoms with Crippen LogP contribution in [-0.2, 0) is 16.0 Å². The molecule has 1 amide bonds. The van der Waals surface area contributed by atoms with Crippen molar-refractivity contribution < 1.29 is 14.7 Å². The minimum Gasteiger partial charge on any atom is -0.478 e. The topological polar surface area (TPSA) is 95.1 Å². The fraction of sp³-hybridized carbons (Fsp3) is 0.0333. The molecule has 0 fully saturated rings. The predicted molar refractivity (Wildman–Crippen MR) is 142 cm³/mol. The number of nitrogens with zero attached hydrogens (tertiary/aromatic N) is 1. The monoisotopic (exact) mass is 473 g/mol. The van der Waals surface area contributed by atoms with E-state index in [0.29, 0.717) is 22.6 Å². The van der Waals surface area contributed by atoms with Crippen molar-refractivity contribution in [2.45, 2.75) is 6.42 Å². The van der Waals surface area contributed by atoms with Gasteiger partial charge in [0.05, 0.1) is 12.0 Å². The summed E-state index contributed by atoms with van der Waals surface area (Å²) in [6, 6.07) is 30.5. The number of carbonyl (C=O) groups is 2. The van der Waals surface area contributed by atoms with Crippen LogP contribution in [0, 0.1) is 0 Å². The summed E-state index contributed by atoms with van der Waals surface area (Å²) >= 11 is 0. The largest absolute Gasteiger partial charge is 0.478 e. The molecular weight excluding hydrogens is 450 g/mol. The fourth-order valence-electron chi connectivity index (χ4n) is 4.07. The highest BCUT2D eigenvalue weighted by Crippen LogP contribution is 2.25. The zero-order chi connectivity index (χ0) is 24.9. The van der Waals surface area contributed by atoms with Crippen LogP contribution in [0.15, 0.2) is 103 Å². The number of carbonyl (C=O) groups excluding carboxylic acids is 1. The molecule has 6 heteroatoms. The summed E-state index contributed by atoms with van der Waals surface area (Å²) in [5.41, 5.74) is 5.20. The van der Waals surface area contributed by atoms with Crippen molar-refractivity contribution in [2.75, 3.05) is 5.32 Å². The Kier molecular flexibility index (Phi) is 6.40. The van der Waals surface area contributed by atoms with Crippen LogP contribution in [0.25, 0.3) is 33.8 Å². The minimum atomic E-state index is -1.01. The van der Waals surface area contributed by atoms with Crippen molar-refractivity contribution in [3.8, 4) is 11.1 Å². The van der Waals surface area contributed by atoms with Gasteiger partial charge in [-0.2, -0.15) is 0 Å². The lowest BCUT2D eigenvalue weighted by atomic mass is 10.0. The number of hydrogen-bond donors (Lipinski definition) is 3. The van der Waals surface area contributed by atoms with Gasteiger partial charge in [-0.15, -0.1) is 0 Å². The van der Waals surface area contributed by atoms with Crippen molar-refractivity contribution in [1.29, 1.82) is 0 Å². The summed E-state index contributed by atoms with van der Waals surface area (Å²) < 4.78 is 0. The molecule has 3 N–H and O–H groups in total. The maximum Gasteiger partial charge on any atom is 0.336 e. The van der Waals surface area contributed by atoms with Gasteiger partial charge in [-0.25, -0.2) is 9.78 Å². The van der Waals surface area contributed by atoms with Gasteiger partial charge in [0, 0.05) is 17.1 Å². The first-order chi connectivity index (χ1) is 17.6. The van der Waals surface area contributed by atoms with E-state index < -0.39 is 5.97 Å². The number of aromatic amines is 1. The second-order valence-electron chi connectivity index (χ2n) is 8.35. The van der Waals surface area contributed by atoms with E-state index in [1.807, 2.05) is 54.6 Å². The molecule has 5 rings (SSSR count). The van der Waals surface area contributed by atoms with Crippen molar-refractivity contribution in [3.63, 3.8) is 0 Å². The quantitative estimate of drug-likeness (QED) is 0.251. The highest BCUT2D eigenvalue weighted by molar-refractivity contribution is 6.21. The lowest BCUT2D eigenvalue weighted by Crippen LogP contribution is -2.15. The maximum absolute atomic E-state index is 12.6. The number of aromatic nitrogens is 2. The molecule has 5 aromatic rings. The molecule has 0 saturated carbocycles. The van der Waals surface area contributed by atoms with E-state index in [1.54, 1.807) is 42.6 Å². The predicted octanol–water partition coefficient (Wildman–Crippen LogP) is 6.04. The van der Waals surface area contributed by atoms with Gasteiger partial charge in [0.15, 0.2) is 0 Å². The number of H-pyrrole nitrogens is 1. The third kappa shape index (κ3) is 5.08. The Hall–Kier alpha value is -4.97. The standard InChI is InChI=1S/C30H23N3O3/c34-28(17-20-11-13-22(14-12-20)21-7-3-1-4-8-21)32-27-16-15-25-24(19-31-29(25)33-27)18-26(30(35)36)23-9-5-2-6-10-23/h1-16,18-19H,17H2,(H,35,36)(H2,31,32,33,34). The molecule has 0 radical (unpaired) electrons. The third-order valence-corrected chi connectivity index (χ3v) is 5.88. The summed E-state index contributed by atoms with van der Waals surface area (Å²) in [6.07, 6.45) is 3.56. The number of carboxylic acid groups (broad SMARTS) is 1. The number of anilines is 1. The molecule has 0 spiro atoms. The van der Waals surface area contributed by atoms with E-state index >= 15 is 0 Å². The Morgan fingerprint density at radius 3 is 2.19 bits per heavy atom. The van der Waals surface area contributed by atoms with Gasteiger partial charge in [0.2, 0.25) is 5.91 Å². The minimum absolute atomic E-state index is 0.168. The van der Waals surface area contributed by atoms with Gasteiger partial charge in [0.25, 0.3) is 0 Å². The average Bonchev–Trinajstić information content (AvgIpc) is 3.30. The number of pyridine rings is 1. The molecule has 0 aliphatic carbocycles. The molecule has 2 aromatic heterocycles. The van der Waals surface area contributed by atoms with Gasteiger partial charge in [-0.3, -0.25) is 4.79 Å². The van der Waals surface area contributed by atoms with E-state index in [-0.39, 0.29) is 17.9 Å². The van der Waals surface area contributed by atoms with Crippen LogP contribution in [-0.4, -0.2) is 27.0 Å². The van der Waals surface area contributed by atoms with Gasteiger partial charge < -0.3 is 15.4 Å². The Labute approximate surface area is 208 Å². The fourth-order valence-corrected chi connectivity index (χ4v) is 4.07. The summed E-state index contributed by atoms with van der Waals surface area (Å²) in [4.78, 5) is 32.0. The Morgan fingerprint density at radius 2 is 1.50 bits per heavy atom. The van der Waals surface area contributed by atoms with Crippen molar-refractivity contribution in [1.82, 2.24) is 9.97 Å². The lowest BCUT2D eigenvalue weighted by Gasteiger charge is -2.07. The highest BCUT2D eigenvalue weighted by Gasteiger charge is 2.13. The highest BCUT2D eigenvalue weighted by atomic mass is 16.4. The molecule has 6 nitrogen and oxygen atoms in total. The molecule has 0 atom stereocenters. The van der Waals surface area contributed by atoms with Crippen molar-refractivity contribution in [2.24, 2.45) is 0 Å². The van der Waals surface area contributed by atoms with Gasteiger partial charge in [-0.1, -0.05) is 84.9 Å². The van der Waals surface area contributed by atoms with E-state index in [0.717, 1.165) is 22.1 Å². The molecule has 176 valence electrons. The first kappa shape index (κ1) is 22.8. The van der Waals surface area contributed by atoms with Crippen LogP contribution < -0.4 is 5.32 Å². The molecule has 3 aromatic carbocycles. The van der Waals surface area contributed by atoms with Crippen LogP contribution in [0.2, 0.25) is 0 Å². The van der Waals surface area contributed by atoms with Crippen LogP contribution in [0.3, 0.4) is 0 Å². The number of hydrogen-bond acceptors (Lipinski definition) is 3. The van der Waals surface area contributed by atoms with Crippen LogP contribution in [0.5, 0.6) is 0 Å². The van der Waals surface area contributed by atoms with E-state index in [4.69, 9.17) is 0 Å². The number of amides is 1. The molecule has 0 aliphatic rings. The van der Waals surface area contributed by atoms with Crippen LogP contribution in [0.4, 0.5) is 5.82 Å². The Morgan fingerprint density at radius 1 is 0.833 bits per heavy atom. The molecule has 0 bridgehead atoms. The molecule has 0 unspecified atom stereocenters. The maximum atomic E-state index is 12.6. The number of benzene rings is 3. The SMILES string of the molecule is O=C(Cc1ccc(-c2ccccc2)cc1)Nc1ccc2c(C=C(C(=O)O)c3ccccc3)c[nH]c2n1. The first-order valence-electron chi connectivity index (χ1n) is 11.5. The average molecular weight is 474 g/mol. The number of rotatable bonds is 7. The lowest BCUT2D eigenvalue weighted by molar-refractivity contribution is -0.130.